The molecule has 2 saturated carbocycles. The summed E-state index contributed by atoms with van der Waals surface area (Å²) in [6.45, 7) is 0.672. The van der Waals surface area contributed by atoms with E-state index in [1.54, 1.807) is 0 Å². The van der Waals surface area contributed by atoms with Crippen LogP contribution >= 0.6 is 12.4 Å². The number of hydrogen-bond acceptors (Lipinski definition) is 3. The Morgan fingerprint density at radius 2 is 1.96 bits per heavy atom. The van der Waals surface area contributed by atoms with Gasteiger partial charge < -0.3 is 15.8 Å². The number of nitrogens with two attached hydrogens (primary N) is 1. The Balaban J connectivity index is 0.00000225. The normalized spacial score (nSPS) is 23.2. The van der Waals surface area contributed by atoms with Crippen LogP contribution in [0.25, 0.3) is 0 Å². The van der Waals surface area contributed by atoms with E-state index in [-0.39, 0.29) is 24.4 Å². The molecular weight excluding hydrogens is 336 g/mol. The van der Waals surface area contributed by atoms with Crippen LogP contribution in [0, 0.1) is 5.92 Å². The van der Waals surface area contributed by atoms with E-state index in [0.29, 0.717) is 25.0 Å². The van der Waals surface area contributed by atoms with Gasteiger partial charge in [-0.05, 0) is 75.1 Å². The molecule has 1 aromatic carbocycles. The fourth-order valence-corrected chi connectivity index (χ4v) is 4.02. The maximum absolute atomic E-state index is 12.2. The van der Waals surface area contributed by atoms with E-state index in [0.717, 1.165) is 37.9 Å². The second-order valence-electron chi connectivity index (χ2n) is 7.27. The second-order valence-corrected chi connectivity index (χ2v) is 7.27. The predicted molar refractivity (Wildman–Crippen MR) is 103 cm³/mol. The Morgan fingerprint density at radius 3 is 2.72 bits per heavy atom. The Bertz CT molecular complexity index is 546. The van der Waals surface area contributed by atoms with Crippen molar-refractivity contribution >= 4 is 18.3 Å². The molecule has 4 nitrogen and oxygen atoms in total. The van der Waals surface area contributed by atoms with Gasteiger partial charge in [0.2, 0.25) is 5.91 Å². The molecule has 0 saturated heterocycles. The zero-order valence-electron chi connectivity index (χ0n) is 14.9. The molecule has 0 spiro atoms. The highest BCUT2D eigenvalue weighted by Crippen LogP contribution is 2.26. The first-order valence-corrected chi connectivity index (χ1v) is 9.49. The average Bonchev–Trinajstić information content (AvgIpc) is 3.25. The highest BCUT2D eigenvalue weighted by molar-refractivity contribution is 5.85. The lowest BCUT2D eigenvalue weighted by atomic mass is 10.0. The number of aryl methyl sites for hydroxylation is 1. The quantitative estimate of drug-likeness (QED) is 0.774. The van der Waals surface area contributed by atoms with Crippen LogP contribution in [0.1, 0.15) is 56.9 Å². The fourth-order valence-electron chi connectivity index (χ4n) is 4.02. The maximum atomic E-state index is 12.2. The smallest absolute Gasteiger partial charge is 0.220 e. The van der Waals surface area contributed by atoms with Crippen LogP contribution in [-0.2, 0) is 11.2 Å². The zero-order valence-corrected chi connectivity index (χ0v) is 15.7. The van der Waals surface area contributed by atoms with Crippen LogP contribution in [0.4, 0.5) is 0 Å². The minimum absolute atomic E-state index is 0. The van der Waals surface area contributed by atoms with Gasteiger partial charge in [0.05, 0.1) is 6.10 Å². The monoisotopic (exact) mass is 366 g/mol. The SMILES string of the molecule is Cl.NCC1CCCC1NC(=O)CCc1cccc(OC2CCCC2)c1. The van der Waals surface area contributed by atoms with Crippen molar-refractivity contribution < 1.29 is 9.53 Å². The summed E-state index contributed by atoms with van der Waals surface area (Å²) >= 11 is 0. The Kier molecular flexibility index (Phi) is 8.04. The molecular formula is C20H31ClN2O2. The van der Waals surface area contributed by atoms with Crippen LogP contribution in [0.15, 0.2) is 24.3 Å². The van der Waals surface area contributed by atoms with Crippen molar-refractivity contribution in [3.8, 4) is 5.75 Å². The maximum Gasteiger partial charge on any atom is 0.220 e. The molecule has 2 atom stereocenters. The molecule has 2 fully saturated rings. The van der Waals surface area contributed by atoms with Gasteiger partial charge in [-0.2, -0.15) is 0 Å². The third-order valence-corrected chi connectivity index (χ3v) is 5.45. The summed E-state index contributed by atoms with van der Waals surface area (Å²) in [7, 11) is 0. The number of carbonyl (C=O) groups is 1. The average molecular weight is 367 g/mol. The molecule has 2 unspecified atom stereocenters. The van der Waals surface area contributed by atoms with E-state index in [9.17, 15) is 4.79 Å². The molecule has 2 aliphatic carbocycles. The van der Waals surface area contributed by atoms with Gasteiger partial charge >= 0.3 is 0 Å². The van der Waals surface area contributed by atoms with Crippen molar-refractivity contribution in [2.45, 2.75) is 69.9 Å². The van der Waals surface area contributed by atoms with Crippen molar-refractivity contribution in [2.24, 2.45) is 11.7 Å². The number of halogens is 1. The lowest BCUT2D eigenvalue weighted by molar-refractivity contribution is -0.122. The van der Waals surface area contributed by atoms with Crippen molar-refractivity contribution in [2.75, 3.05) is 6.54 Å². The first-order chi connectivity index (χ1) is 11.7. The molecule has 3 N–H and O–H groups in total. The second kappa shape index (κ2) is 10.0. The van der Waals surface area contributed by atoms with Crippen LogP contribution in [0.5, 0.6) is 5.75 Å². The van der Waals surface area contributed by atoms with Gasteiger partial charge in [0.1, 0.15) is 5.75 Å². The summed E-state index contributed by atoms with van der Waals surface area (Å²) in [4.78, 5) is 12.2. The van der Waals surface area contributed by atoms with Crippen LogP contribution in [0.2, 0.25) is 0 Å². The molecule has 2 aliphatic rings. The number of hydrogen-bond donors (Lipinski definition) is 2. The summed E-state index contributed by atoms with van der Waals surface area (Å²) in [5.74, 6) is 1.54. The van der Waals surface area contributed by atoms with Gasteiger partial charge in [0.25, 0.3) is 0 Å². The molecule has 0 aliphatic heterocycles. The number of rotatable bonds is 7. The van der Waals surface area contributed by atoms with E-state index in [1.165, 1.54) is 24.8 Å². The number of nitrogens with one attached hydrogen (secondary N) is 1. The van der Waals surface area contributed by atoms with Crippen molar-refractivity contribution in [3.05, 3.63) is 29.8 Å². The lowest BCUT2D eigenvalue weighted by Crippen LogP contribution is -2.39. The van der Waals surface area contributed by atoms with E-state index in [2.05, 4.69) is 17.4 Å². The summed E-state index contributed by atoms with van der Waals surface area (Å²) in [6, 6.07) is 8.49. The Morgan fingerprint density at radius 1 is 1.16 bits per heavy atom. The van der Waals surface area contributed by atoms with E-state index in [4.69, 9.17) is 10.5 Å². The first-order valence-electron chi connectivity index (χ1n) is 9.49. The van der Waals surface area contributed by atoms with Crippen LogP contribution in [-0.4, -0.2) is 24.6 Å². The molecule has 0 bridgehead atoms. The third kappa shape index (κ3) is 5.89. The van der Waals surface area contributed by atoms with E-state index >= 15 is 0 Å². The van der Waals surface area contributed by atoms with Gasteiger partial charge in [-0.25, -0.2) is 0 Å². The highest BCUT2D eigenvalue weighted by Gasteiger charge is 2.27. The summed E-state index contributed by atoms with van der Waals surface area (Å²) in [6.07, 6.45) is 9.92. The molecule has 0 aromatic heterocycles. The molecule has 0 heterocycles. The van der Waals surface area contributed by atoms with Gasteiger partial charge in [0, 0.05) is 12.5 Å². The number of ether oxygens (including phenoxy) is 1. The summed E-state index contributed by atoms with van der Waals surface area (Å²) in [5, 5.41) is 3.17. The summed E-state index contributed by atoms with van der Waals surface area (Å²) in [5.41, 5.74) is 6.95. The van der Waals surface area contributed by atoms with Gasteiger partial charge in [0.15, 0.2) is 0 Å². The van der Waals surface area contributed by atoms with E-state index in [1.807, 2.05) is 12.1 Å². The molecule has 0 radical (unpaired) electrons. The molecule has 3 rings (SSSR count). The minimum atomic E-state index is 0. The van der Waals surface area contributed by atoms with Gasteiger partial charge in [-0.1, -0.05) is 18.6 Å². The molecule has 140 valence electrons. The zero-order chi connectivity index (χ0) is 16.8. The Hall–Kier alpha value is -1.26. The van der Waals surface area contributed by atoms with Crippen LogP contribution in [0.3, 0.4) is 0 Å². The summed E-state index contributed by atoms with van der Waals surface area (Å²) < 4.78 is 6.04. The largest absolute Gasteiger partial charge is 0.490 e. The topological polar surface area (TPSA) is 64.3 Å². The standard InChI is InChI=1S/C20H30N2O2.ClH/c21-14-16-6-4-10-19(16)22-20(23)12-11-15-5-3-9-18(13-15)24-17-7-1-2-8-17;/h3,5,9,13,16-17,19H,1-2,4,6-8,10-12,14,21H2,(H,22,23);1H. The number of benzene rings is 1. The van der Waals surface area contributed by atoms with Crippen molar-refractivity contribution in [3.63, 3.8) is 0 Å². The fraction of sp³-hybridized carbons (Fsp3) is 0.650. The molecule has 5 heteroatoms. The third-order valence-electron chi connectivity index (χ3n) is 5.45. The molecule has 1 amide bonds. The van der Waals surface area contributed by atoms with Gasteiger partial charge in [-0.3, -0.25) is 4.79 Å². The molecule has 1 aromatic rings. The van der Waals surface area contributed by atoms with Crippen molar-refractivity contribution in [1.29, 1.82) is 0 Å². The van der Waals surface area contributed by atoms with E-state index < -0.39 is 0 Å². The lowest BCUT2D eigenvalue weighted by Gasteiger charge is -2.19. The Labute approximate surface area is 157 Å². The van der Waals surface area contributed by atoms with Crippen LogP contribution < -0.4 is 15.8 Å². The predicted octanol–water partition coefficient (Wildman–Crippen LogP) is 3.61. The minimum Gasteiger partial charge on any atom is -0.490 e. The number of amides is 1. The highest BCUT2D eigenvalue weighted by atomic mass is 35.5. The first kappa shape index (κ1) is 20.1. The number of carbonyl (C=O) groups excluding carboxylic acids is 1. The van der Waals surface area contributed by atoms with Gasteiger partial charge in [-0.15, -0.1) is 12.4 Å². The van der Waals surface area contributed by atoms with Crippen molar-refractivity contribution in [1.82, 2.24) is 5.32 Å². The molecule has 25 heavy (non-hydrogen) atoms.